The molecule has 0 bridgehead atoms. The lowest BCUT2D eigenvalue weighted by atomic mass is 9.97. The second-order valence-electron chi connectivity index (χ2n) is 5.13. The number of hydrogen-bond donors (Lipinski definition) is 1. The minimum atomic E-state index is -0.221. The Morgan fingerprint density at radius 1 is 1.29 bits per heavy atom. The van der Waals surface area contributed by atoms with Gasteiger partial charge in [-0.15, -0.1) is 0 Å². The molecule has 1 fully saturated rings. The predicted octanol–water partition coefficient (Wildman–Crippen LogP) is 2.89. The molecule has 0 spiro atoms. The topological polar surface area (TPSA) is 24.5 Å². The number of thiophene rings is 1. The van der Waals surface area contributed by atoms with Gasteiger partial charge in [0.2, 0.25) is 0 Å². The molecule has 1 saturated heterocycles. The quantitative estimate of drug-likeness (QED) is 0.940. The zero-order chi connectivity index (χ0) is 14.7. The molecule has 1 aliphatic rings. The van der Waals surface area contributed by atoms with Crippen LogP contribution in [0.15, 0.2) is 35.0 Å². The molecule has 1 atom stereocenters. The van der Waals surface area contributed by atoms with Crippen molar-refractivity contribution in [3.05, 3.63) is 52.0 Å². The molecule has 21 heavy (non-hydrogen) atoms. The molecule has 0 aliphatic carbocycles. The van der Waals surface area contributed by atoms with Crippen molar-refractivity contribution in [3.63, 3.8) is 0 Å². The first-order valence-corrected chi connectivity index (χ1v) is 8.04. The third kappa shape index (κ3) is 3.10. The number of nitrogens with zero attached hydrogens (tertiary/aromatic N) is 1. The monoisotopic (exact) mass is 306 g/mol. The van der Waals surface area contributed by atoms with E-state index in [-0.39, 0.29) is 11.9 Å². The number of benzene rings is 1. The van der Waals surface area contributed by atoms with E-state index in [2.05, 4.69) is 27.0 Å². The molecule has 1 aliphatic heterocycles. The molecular weight excluding hydrogens is 287 g/mol. The Bertz CT molecular complexity index is 582. The normalized spacial score (nSPS) is 17.6. The Hall–Kier alpha value is -1.43. The Balaban J connectivity index is 2.04. The first kappa shape index (κ1) is 14.5. The summed E-state index contributed by atoms with van der Waals surface area (Å²) in [7, 11) is 1.64. The van der Waals surface area contributed by atoms with Crippen LogP contribution in [0.3, 0.4) is 0 Å². The molecule has 0 saturated carbocycles. The Morgan fingerprint density at radius 2 is 2.10 bits per heavy atom. The largest absolute Gasteiger partial charge is 0.496 e. The van der Waals surface area contributed by atoms with Crippen molar-refractivity contribution >= 4 is 11.3 Å². The number of piperazine rings is 1. The van der Waals surface area contributed by atoms with E-state index >= 15 is 0 Å². The lowest BCUT2D eigenvalue weighted by molar-refractivity contribution is 0.195. The van der Waals surface area contributed by atoms with Gasteiger partial charge in [0, 0.05) is 31.7 Å². The van der Waals surface area contributed by atoms with Gasteiger partial charge < -0.3 is 10.1 Å². The highest BCUT2D eigenvalue weighted by Gasteiger charge is 2.27. The number of ether oxygens (including phenoxy) is 1. The minimum Gasteiger partial charge on any atom is -0.496 e. The second-order valence-corrected chi connectivity index (χ2v) is 5.91. The Kier molecular flexibility index (Phi) is 4.53. The summed E-state index contributed by atoms with van der Waals surface area (Å²) in [6, 6.07) is 6.92. The fourth-order valence-electron chi connectivity index (χ4n) is 2.88. The number of rotatable bonds is 4. The van der Waals surface area contributed by atoms with Crippen LogP contribution >= 0.6 is 11.3 Å². The van der Waals surface area contributed by atoms with Crippen LogP contribution in [0.4, 0.5) is 4.39 Å². The average molecular weight is 306 g/mol. The molecule has 1 aromatic carbocycles. The highest BCUT2D eigenvalue weighted by molar-refractivity contribution is 7.08. The van der Waals surface area contributed by atoms with Crippen molar-refractivity contribution in [2.45, 2.75) is 6.04 Å². The van der Waals surface area contributed by atoms with Crippen molar-refractivity contribution in [2.24, 2.45) is 0 Å². The van der Waals surface area contributed by atoms with E-state index in [0.29, 0.717) is 0 Å². The highest BCUT2D eigenvalue weighted by Crippen LogP contribution is 2.36. The van der Waals surface area contributed by atoms with Crippen molar-refractivity contribution in [1.29, 1.82) is 0 Å². The van der Waals surface area contributed by atoms with E-state index in [9.17, 15) is 4.39 Å². The van der Waals surface area contributed by atoms with Gasteiger partial charge in [-0.3, -0.25) is 4.90 Å². The van der Waals surface area contributed by atoms with Crippen molar-refractivity contribution in [2.75, 3.05) is 33.3 Å². The maximum absolute atomic E-state index is 13.8. The third-order valence-corrected chi connectivity index (χ3v) is 4.56. The number of nitrogens with one attached hydrogen (secondary N) is 1. The van der Waals surface area contributed by atoms with E-state index in [1.807, 2.05) is 0 Å². The molecule has 112 valence electrons. The molecule has 2 aromatic rings. The fraction of sp³-hybridized carbons (Fsp3) is 0.375. The summed E-state index contributed by atoms with van der Waals surface area (Å²) in [4.78, 5) is 2.38. The summed E-state index contributed by atoms with van der Waals surface area (Å²) in [5, 5.41) is 7.56. The van der Waals surface area contributed by atoms with Crippen LogP contribution in [0.25, 0.3) is 0 Å². The van der Waals surface area contributed by atoms with Gasteiger partial charge in [-0.2, -0.15) is 11.3 Å². The zero-order valence-corrected chi connectivity index (χ0v) is 12.8. The van der Waals surface area contributed by atoms with Crippen LogP contribution in [0.1, 0.15) is 17.2 Å². The smallest absolute Gasteiger partial charge is 0.124 e. The summed E-state index contributed by atoms with van der Waals surface area (Å²) < 4.78 is 19.2. The highest BCUT2D eigenvalue weighted by atomic mass is 32.1. The van der Waals surface area contributed by atoms with Gasteiger partial charge in [-0.1, -0.05) is 0 Å². The van der Waals surface area contributed by atoms with Crippen LogP contribution < -0.4 is 10.1 Å². The third-order valence-electron chi connectivity index (χ3n) is 3.86. The molecule has 0 radical (unpaired) electrons. The number of hydrogen-bond acceptors (Lipinski definition) is 4. The van der Waals surface area contributed by atoms with Gasteiger partial charge in [0.15, 0.2) is 0 Å². The molecule has 0 amide bonds. The molecule has 3 nitrogen and oxygen atoms in total. The lowest BCUT2D eigenvalue weighted by Crippen LogP contribution is -2.45. The molecular formula is C16H19FN2OS. The first-order valence-electron chi connectivity index (χ1n) is 7.10. The van der Waals surface area contributed by atoms with E-state index in [1.165, 1.54) is 11.6 Å². The van der Waals surface area contributed by atoms with E-state index in [1.54, 1.807) is 30.6 Å². The van der Waals surface area contributed by atoms with Gasteiger partial charge in [0.05, 0.1) is 13.2 Å². The second kappa shape index (κ2) is 6.56. The Labute approximate surface area is 128 Å². The minimum absolute atomic E-state index is 0.0454. The van der Waals surface area contributed by atoms with Crippen molar-refractivity contribution in [3.8, 4) is 5.75 Å². The summed E-state index contributed by atoms with van der Waals surface area (Å²) >= 11 is 1.67. The van der Waals surface area contributed by atoms with Gasteiger partial charge in [0.1, 0.15) is 11.6 Å². The van der Waals surface area contributed by atoms with Gasteiger partial charge in [-0.05, 0) is 40.6 Å². The average Bonchev–Trinajstić information content (AvgIpc) is 3.03. The SMILES string of the molecule is COc1ccc(F)cc1[C@H](c1ccsc1)N1CCNCC1. The number of methoxy groups -OCH3 is 1. The fourth-order valence-corrected chi connectivity index (χ4v) is 3.56. The lowest BCUT2D eigenvalue weighted by Gasteiger charge is -2.35. The molecule has 1 N–H and O–H groups in total. The van der Waals surface area contributed by atoms with Crippen LogP contribution in [-0.4, -0.2) is 38.2 Å². The maximum atomic E-state index is 13.8. The van der Waals surface area contributed by atoms with E-state index in [0.717, 1.165) is 37.5 Å². The standard InChI is InChI=1S/C16H19FN2OS/c1-20-15-3-2-13(17)10-14(15)16(12-4-9-21-11-12)19-7-5-18-6-8-19/h2-4,9-11,16,18H,5-8H2,1H3/t16-/m0/s1. The van der Waals surface area contributed by atoms with Gasteiger partial charge in [0.25, 0.3) is 0 Å². The molecule has 3 rings (SSSR count). The van der Waals surface area contributed by atoms with Crippen LogP contribution in [-0.2, 0) is 0 Å². The summed E-state index contributed by atoms with van der Waals surface area (Å²) in [5.74, 6) is 0.521. The summed E-state index contributed by atoms with van der Waals surface area (Å²) in [6.07, 6.45) is 0. The Morgan fingerprint density at radius 3 is 2.76 bits per heavy atom. The molecule has 2 heterocycles. The van der Waals surface area contributed by atoms with Crippen LogP contribution in [0.2, 0.25) is 0 Å². The predicted molar refractivity (Wildman–Crippen MR) is 83.6 cm³/mol. The van der Waals surface area contributed by atoms with Crippen molar-refractivity contribution in [1.82, 2.24) is 10.2 Å². The van der Waals surface area contributed by atoms with E-state index < -0.39 is 0 Å². The molecule has 5 heteroatoms. The zero-order valence-electron chi connectivity index (χ0n) is 12.0. The van der Waals surface area contributed by atoms with Gasteiger partial charge in [-0.25, -0.2) is 4.39 Å². The summed E-state index contributed by atoms with van der Waals surface area (Å²) in [6.45, 7) is 3.80. The molecule has 0 unspecified atom stereocenters. The first-order chi connectivity index (χ1) is 10.3. The maximum Gasteiger partial charge on any atom is 0.124 e. The number of halogens is 1. The summed E-state index contributed by atoms with van der Waals surface area (Å²) in [5.41, 5.74) is 2.10. The van der Waals surface area contributed by atoms with Crippen LogP contribution in [0.5, 0.6) is 5.75 Å². The van der Waals surface area contributed by atoms with Crippen LogP contribution in [0, 0.1) is 5.82 Å². The van der Waals surface area contributed by atoms with Gasteiger partial charge >= 0.3 is 0 Å². The van der Waals surface area contributed by atoms with E-state index in [4.69, 9.17) is 4.74 Å². The molecule has 1 aromatic heterocycles. The van der Waals surface area contributed by atoms with Crippen molar-refractivity contribution < 1.29 is 9.13 Å².